The van der Waals surface area contributed by atoms with Gasteiger partial charge in [-0.1, -0.05) is 121 Å². The normalized spacial score (nSPS) is 11.8. The second kappa shape index (κ2) is 11.2. The summed E-state index contributed by atoms with van der Waals surface area (Å²) in [5, 5.41) is 9.39. The molecule has 0 bridgehead atoms. The smallest absolute Gasteiger partial charge is 0.164 e. The summed E-state index contributed by atoms with van der Waals surface area (Å²) in [5.41, 5.74) is 7.86. The first-order valence-corrected chi connectivity index (χ1v) is 17.4. The number of rotatable bonds is 4. The van der Waals surface area contributed by atoms with Crippen molar-refractivity contribution in [3.8, 4) is 39.9 Å². The van der Waals surface area contributed by atoms with Gasteiger partial charge < -0.3 is 8.98 Å². The van der Waals surface area contributed by atoms with Gasteiger partial charge in [0.1, 0.15) is 11.2 Å². The van der Waals surface area contributed by atoms with Crippen molar-refractivity contribution >= 4 is 65.3 Å². The molecule has 52 heavy (non-hydrogen) atoms. The quantitative estimate of drug-likeness (QED) is 0.188. The first-order chi connectivity index (χ1) is 25.7. The van der Waals surface area contributed by atoms with E-state index >= 15 is 0 Å². The fourth-order valence-electron chi connectivity index (χ4n) is 7.71. The number of hydrogen-bond donors (Lipinski definition) is 0. The second-order valence-corrected chi connectivity index (χ2v) is 13.3. The van der Waals surface area contributed by atoms with Gasteiger partial charge in [-0.15, -0.1) is 0 Å². The van der Waals surface area contributed by atoms with Crippen LogP contribution in [0.25, 0.3) is 105 Å². The van der Waals surface area contributed by atoms with Crippen molar-refractivity contribution in [3.05, 3.63) is 170 Å². The molecule has 11 aromatic rings. The maximum Gasteiger partial charge on any atom is 0.164 e. The highest BCUT2D eigenvalue weighted by molar-refractivity contribution is 6.21. The second-order valence-electron chi connectivity index (χ2n) is 13.3. The molecule has 0 aliphatic rings. The van der Waals surface area contributed by atoms with Crippen LogP contribution in [0.4, 0.5) is 0 Å². The lowest BCUT2D eigenvalue weighted by Gasteiger charge is -2.11. The lowest BCUT2D eigenvalue weighted by atomic mass is 10.0. The molecule has 8 aromatic carbocycles. The fourth-order valence-corrected chi connectivity index (χ4v) is 7.71. The topological polar surface area (TPSA) is 56.7 Å². The highest BCUT2D eigenvalue weighted by Crippen LogP contribution is 2.40. The molecule has 5 nitrogen and oxygen atoms in total. The molecule has 0 fully saturated rings. The molecule has 0 aliphatic carbocycles. The van der Waals surface area contributed by atoms with Gasteiger partial charge in [-0.25, -0.2) is 15.0 Å². The third kappa shape index (κ3) is 4.46. The van der Waals surface area contributed by atoms with Gasteiger partial charge in [0.15, 0.2) is 17.5 Å². The van der Waals surface area contributed by atoms with E-state index in [0.717, 1.165) is 44.3 Å². The maximum atomic E-state index is 6.44. The molecular weight excluding hydrogens is 637 g/mol. The van der Waals surface area contributed by atoms with E-state index in [2.05, 4.69) is 102 Å². The Hall–Kier alpha value is -7.11. The van der Waals surface area contributed by atoms with Crippen LogP contribution in [0.5, 0.6) is 0 Å². The summed E-state index contributed by atoms with van der Waals surface area (Å²) >= 11 is 0. The van der Waals surface area contributed by atoms with E-state index in [9.17, 15) is 0 Å². The molecule has 0 saturated heterocycles. The largest absolute Gasteiger partial charge is 0.456 e. The van der Waals surface area contributed by atoms with Gasteiger partial charge in [-0.2, -0.15) is 0 Å². The third-order valence-corrected chi connectivity index (χ3v) is 10.2. The van der Waals surface area contributed by atoms with Crippen LogP contribution in [0.3, 0.4) is 0 Å². The zero-order chi connectivity index (χ0) is 34.2. The molecule has 0 radical (unpaired) electrons. The van der Waals surface area contributed by atoms with Crippen LogP contribution in [-0.2, 0) is 0 Å². The molecule has 5 heteroatoms. The van der Waals surface area contributed by atoms with E-state index < -0.39 is 0 Å². The zero-order valence-electron chi connectivity index (χ0n) is 27.9. The van der Waals surface area contributed by atoms with Gasteiger partial charge in [-0.3, -0.25) is 0 Å². The standard InChI is InChI=1S/C47H28N4O/c1-3-12-30(13-4-1)45-48-46(31-14-5-2-6-15-31)50-47(49-45)34-20-23-42-39(26-34)40-28-35(21-24-43(40)52-42)51-41-27-33-17-8-7-16-32(33)25-38(41)37-22-19-29-11-9-10-18-36(29)44(37)51/h1-28H. The number of benzene rings is 8. The van der Waals surface area contributed by atoms with Crippen molar-refractivity contribution in [1.82, 2.24) is 19.5 Å². The molecule has 11 rings (SSSR count). The van der Waals surface area contributed by atoms with Crippen LogP contribution in [0.1, 0.15) is 0 Å². The Morgan fingerprint density at radius 2 is 0.942 bits per heavy atom. The zero-order valence-corrected chi connectivity index (χ0v) is 27.9. The molecule has 0 aliphatic heterocycles. The molecule has 3 heterocycles. The van der Waals surface area contributed by atoms with Crippen LogP contribution < -0.4 is 0 Å². The average molecular weight is 665 g/mol. The van der Waals surface area contributed by atoms with Gasteiger partial charge in [0.05, 0.1) is 11.0 Å². The molecule has 0 saturated carbocycles. The summed E-state index contributed by atoms with van der Waals surface area (Å²) in [4.78, 5) is 14.9. The van der Waals surface area contributed by atoms with Gasteiger partial charge in [0.25, 0.3) is 0 Å². The van der Waals surface area contributed by atoms with Crippen molar-refractivity contribution in [2.45, 2.75) is 0 Å². The maximum absolute atomic E-state index is 6.44. The van der Waals surface area contributed by atoms with Crippen LogP contribution in [0.2, 0.25) is 0 Å². The predicted molar refractivity (Wildman–Crippen MR) is 213 cm³/mol. The summed E-state index contributed by atoms with van der Waals surface area (Å²) in [6.07, 6.45) is 0. The summed E-state index contributed by atoms with van der Waals surface area (Å²) in [6, 6.07) is 59.3. The minimum atomic E-state index is 0.612. The van der Waals surface area contributed by atoms with Gasteiger partial charge in [-0.05, 0) is 64.7 Å². The Morgan fingerprint density at radius 1 is 0.365 bits per heavy atom. The van der Waals surface area contributed by atoms with E-state index in [1.165, 1.54) is 43.4 Å². The monoisotopic (exact) mass is 664 g/mol. The number of fused-ring (bicyclic) bond motifs is 9. The molecule has 0 atom stereocenters. The van der Waals surface area contributed by atoms with Gasteiger partial charge in [0, 0.05) is 49.3 Å². The highest BCUT2D eigenvalue weighted by atomic mass is 16.3. The first kappa shape index (κ1) is 28.7. The van der Waals surface area contributed by atoms with Crippen molar-refractivity contribution in [3.63, 3.8) is 0 Å². The lowest BCUT2D eigenvalue weighted by molar-refractivity contribution is 0.669. The molecule has 0 amide bonds. The van der Waals surface area contributed by atoms with E-state index in [0.29, 0.717) is 17.5 Å². The van der Waals surface area contributed by atoms with Crippen molar-refractivity contribution in [2.75, 3.05) is 0 Å². The third-order valence-electron chi connectivity index (χ3n) is 10.2. The van der Waals surface area contributed by atoms with Crippen molar-refractivity contribution < 1.29 is 4.42 Å². The molecule has 0 N–H and O–H groups in total. The Kier molecular flexibility index (Phi) is 6.18. The Morgan fingerprint density at radius 3 is 1.65 bits per heavy atom. The number of aromatic nitrogens is 4. The van der Waals surface area contributed by atoms with E-state index in [-0.39, 0.29) is 0 Å². The van der Waals surface area contributed by atoms with Crippen LogP contribution in [0, 0.1) is 0 Å². The number of nitrogens with zero attached hydrogens (tertiary/aromatic N) is 4. The Labute approximate surface area is 298 Å². The van der Waals surface area contributed by atoms with Crippen LogP contribution in [0.15, 0.2) is 174 Å². The summed E-state index contributed by atoms with van der Waals surface area (Å²) in [6.45, 7) is 0. The van der Waals surface area contributed by atoms with E-state index in [4.69, 9.17) is 19.4 Å². The van der Waals surface area contributed by atoms with Crippen LogP contribution in [-0.4, -0.2) is 19.5 Å². The lowest BCUT2D eigenvalue weighted by Crippen LogP contribution is -2.00. The van der Waals surface area contributed by atoms with E-state index in [1.54, 1.807) is 0 Å². The van der Waals surface area contributed by atoms with Gasteiger partial charge >= 0.3 is 0 Å². The highest BCUT2D eigenvalue weighted by Gasteiger charge is 2.19. The molecular formula is C47H28N4O. The minimum absolute atomic E-state index is 0.612. The molecule has 3 aromatic heterocycles. The van der Waals surface area contributed by atoms with E-state index in [1.807, 2.05) is 72.8 Å². The molecule has 242 valence electrons. The summed E-state index contributed by atoms with van der Waals surface area (Å²) < 4.78 is 8.86. The number of hydrogen-bond acceptors (Lipinski definition) is 4. The average Bonchev–Trinajstić information content (AvgIpc) is 3.75. The van der Waals surface area contributed by atoms with Gasteiger partial charge in [0.2, 0.25) is 0 Å². The number of furan rings is 1. The minimum Gasteiger partial charge on any atom is -0.456 e. The first-order valence-electron chi connectivity index (χ1n) is 17.4. The van der Waals surface area contributed by atoms with Crippen LogP contribution >= 0.6 is 0 Å². The SMILES string of the molecule is c1ccc(-c2nc(-c3ccccc3)nc(-c3ccc4oc5ccc(-n6c7cc8ccccc8cc7c7ccc8ccccc8c76)cc5c4c3)n2)cc1. The fraction of sp³-hybridized carbons (Fsp3) is 0. The predicted octanol–water partition coefficient (Wildman–Crippen LogP) is 12.2. The van der Waals surface area contributed by atoms with Crippen molar-refractivity contribution in [1.29, 1.82) is 0 Å². The Bertz CT molecular complexity index is 3120. The summed E-state index contributed by atoms with van der Waals surface area (Å²) in [5.74, 6) is 1.88. The van der Waals surface area contributed by atoms with Crippen molar-refractivity contribution in [2.24, 2.45) is 0 Å². The Balaban J connectivity index is 1.15. The summed E-state index contributed by atoms with van der Waals surface area (Å²) in [7, 11) is 0. The molecule has 0 spiro atoms. The molecule has 0 unspecified atom stereocenters.